The molecule has 2 aromatic heterocycles. The van der Waals surface area contributed by atoms with Crippen molar-refractivity contribution < 1.29 is 4.79 Å². The predicted octanol–water partition coefficient (Wildman–Crippen LogP) is 1.03. The van der Waals surface area contributed by atoms with Crippen LogP contribution in [-0.4, -0.2) is 55.2 Å². The lowest BCUT2D eigenvalue weighted by molar-refractivity contribution is -0.125. The number of nitrogens with zero attached hydrogens (tertiary/aromatic N) is 7. The van der Waals surface area contributed by atoms with Gasteiger partial charge in [-0.25, -0.2) is 9.67 Å². The van der Waals surface area contributed by atoms with Crippen LogP contribution >= 0.6 is 0 Å². The molecule has 144 valence electrons. The molecule has 4 rings (SSSR count). The SMILES string of the molecule is O=C(NC1CCN(c2cnccn2)CC1)[C@H](Cc1ccccc1)n1cnnn1. The Morgan fingerprint density at radius 1 is 1.18 bits per heavy atom. The second-order valence-electron chi connectivity index (χ2n) is 6.83. The fraction of sp³-hybridized carbons (Fsp3) is 0.368. The van der Waals surface area contributed by atoms with E-state index in [0.717, 1.165) is 37.3 Å². The van der Waals surface area contributed by atoms with Crippen molar-refractivity contribution in [3.8, 4) is 0 Å². The van der Waals surface area contributed by atoms with Gasteiger partial charge in [0.25, 0.3) is 0 Å². The lowest BCUT2D eigenvalue weighted by Crippen LogP contribution is -2.47. The number of rotatable bonds is 6. The number of hydrogen-bond acceptors (Lipinski definition) is 7. The van der Waals surface area contributed by atoms with E-state index in [1.165, 1.54) is 11.0 Å². The van der Waals surface area contributed by atoms with E-state index in [-0.39, 0.29) is 11.9 Å². The molecule has 0 bridgehead atoms. The molecule has 0 aliphatic carbocycles. The molecule has 3 aromatic rings. The third-order valence-corrected chi connectivity index (χ3v) is 4.97. The minimum absolute atomic E-state index is 0.0610. The zero-order valence-electron chi connectivity index (χ0n) is 15.4. The molecule has 1 aromatic carbocycles. The maximum Gasteiger partial charge on any atom is 0.245 e. The van der Waals surface area contributed by atoms with Crippen LogP contribution in [0.1, 0.15) is 24.4 Å². The molecule has 1 atom stereocenters. The van der Waals surface area contributed by atoms with E-state index in [1.807, 2.05) is 30.3 Å². The third-order valence-electron chi connectivity index (χ3n) is 4.97. The predicted molar refractivity (Wildman–Crippen MR) is 102 cm³/mol. The number of tetrazole rings is 1. The molecule has 9 heteroatoms. The Hall–Kier alpha value is -3.36. The zero-order valence-corrected chi connectivity index (χ0v) is 15.4. The van der Waals surface area contributed by atoms with E-state index >= 15 is 0 Å². The van der Waals surface area contributed by atoms with Crippen LogP contribution in [0.3, 0.4) is 0 Å². The number of carbonyl (C=O) groups is 1. The monoisotopic (exact) mass is 378 g/mol. The number of amides is 1. The minimum atomic E-state index is -0.476. The molecule has 28 heavy (non-hydrogen) atoms. The van der Waals surface area contributed by atoms with Gasteiger partial charge in [-0.2, -0.15) is 0 Å². The van der Waals surface area contributed by atoms with Gasteiger partial charge >= 0.3 is 0 Å². The number of anilines is 1. The lowest BCUT2D eigenvalue weighted by atomic mass is 10.0. The average Bonchev–Trinajstić information content (AvgIpc) is 3.28. The standard InChI is InChI=1S/C19H22N8O/c28-19(17(27-14-22-24-25-27)12-15-4-2-1-3-5-15)23-16-6-10-26(11-7-16)18-13-20-8-9-21-18/h1-5,8-9,13-14,16-17H,6-7,10-12H2,(H,23,28)/t17-/m0/s1. The largest absolute Gasteiger partial charge is 0.355 e. The summed E-state index contributed by atoms with van der Waals surface area (Å²) >= 11 is 0. The van der Waals surface area contributed by atoms with Crippen molar-refractivity contribution in [2.75, 3.05) is 18.0 Å². The van der Waals surface area contributed by atoms with E-state index in [4.69, 9.17) is 0 Å². The van der Waals surface area contributed by atoms with Crippen LogP contribution in [0, 0.1) is 0 Å². The molecular formula is C19H22N8O. The third kappa shape index (κ3) is 4.30. The van der Waals surface area contributed by atoms with E-state index in [2.05, 4.69) is 35.7 Å². The molecule has 1 N–H and O–H groups in total. The van der Waals surface area contributed by atoms with Crippen LogP contribution < -0.4 is 10.2 Å². The molecular weight excluding hydrogens is 356 g/mol. The quantitative estimate of drug-likeness (QED) is 0.683. The number of aromatic nitrogens is 6. The first-order chi connectivity index (χ1) is 13.8. The van der Waals surface area contributed by atoms with Crippen molar-refractivity contribution in [3.05, 3.63) is 60.8 Å². The number of hydrogen-bond donors (Lipinski definition) is 1. The van der Waals surface area contributed by atoms with Crippen LogP contribution in [0.2, 0.25) is 0 Å². The van der Waals surface area contributed by atoms with Crippen molar-refractivity contribution >= 4 is 11.7 Å². The summed E-state index contributed by atoms with van der Waals surface area (Å²) in [7, 11) is 0. The minimum Gasteiger partial charge on any atom is -0.355 e. The normalized spacial score (nSPS) is 15.9. The number of piperidine rings is 1. The van der Waals surface area contributed by atoms with Crippen LogP contribution in [0.4, 0.5) is 5.82 Å². The van der Waals surface area contributed by atoms with Gasteiger partial charge in [0.2, 0.25) is 5.91 Å². The molecule has 1 saturated heterocycles. The zero-order chi connectivity index (χ0) is 19.2. The van der Waals surface area contributed by atoms with E-state index < -0.39 is 6.04 Å². The van der Waals surface area contributed by atoms with Gasteiger partial charge in [-0.3, -0.25) is 9.78 Å². The molecule has 9 nitrogen and oxygen atoms in total. The molecule has 1 amide bonds. The number of nitrogens with one attached hydrogen (secondary N) is 1. The van der Waals surface area contributed by atoms with Gasteiger partial charge in [-0.05, 0) is 28.8 Å². The highest BCUT2D eigenvalue weighted by Gasteiger charge is 2.27. The molecule has 0 spiro atoms. The van der Waals surface area contributed by atoms with Gasteiger partial charge in [-0.15, -0.1) is 5.10 Å². The van der Waals surface area contributed by atoms with Crippen molar-refractivity contribution in [1.82, 2.24) is 35.5 Å². The first-order valence-electron chi connectivity index (χ1n) is 9.37. The van der Waals surface area contributed by atoms with Crippen molar-refractivity contribution in [3.63, 3.8) is 0 Å². The summed E-state index contributed by atoms with van der Waals surface area (Å²) in [6.07, 6.45) is 8.88. The first-order valence-corrected chi connectivity index (χ1v) is 9.37. The Balaban J connectivity index is 1.38. The molecule has 1 aliphatic rings. The topological polar surface area (TPSA) is 102 Å². The summed E-state index contributed by atoms with van der Waals surface area (Å²) in [5.74, 6) is 0.817. The van der Waals surface area contributed by atoms with Gasteiger partial charge < -0.3 is 10.2 Å². The summed E-state index contributed by atoms with van der Waals surface area (Å²) in [4.78, 5) is 23.7. The van der Waals surface area contributed by atoms with Gasteiger partial charge in [0.05, 0.1) is 6.20 Å². The first kappa shape index (κ1) is 18.0. The Kier molecular flexibility index (Phi) is 5.51. The van der Waals surface area contributed by atoms with Crippen LogP contribution in [0.15, 0.2) is 55.2 Å². The Morgan fingerprint density at radius 2 is 2.00 bits per heavy atom. The summed E-state index contributed by atoms with van der Waals surface area (Å²) < 4.78 is 1.52. The summed E-state index contributed by atoms with van der Waals surface area (Å²) in [5.41, 5.74) is 1.07. The van der Waals surface area contributed by atoms with Crippen molar-refractivity contribution in [2.45, 2.75) is 31.3 Å². The molecule has 1 fully saturated rings. The van der Waals surface area contributed by atoms with Crippen molar-refractivity contribution in [1.29, 1.82) is 0 Å². The molecule has 0 radical (unpaired) electrons. The van der Waals surface area contributed by atoms with Crippen LogP contribution in [0.5, 0.6) is 0 Å². The van der Waals surface area contributed by atoms with Crippen molar-refractivity contribution in [2.24, 2.45) is 0 Å². The number of carbonyl (C=O) groups excluding carboxylic acids is 1. The maximum atomic E-state index is 13.0. The van der Waals surface area contributed by atoms with Crippen LogP contribution in [0.25, 0.3) is 0 Å². The fourth-order valence-electron chi connectivity index (χ4n) is 3.46. The second-order valence-corrected chi connectivity index (χ2v) is 6.83. The van der Waals surface area contributed by atoms with Gasteiger partial charge in [0, 0.05) is 37.9 Å². The summed E-state index contributed by atoms with van der Waals surface area (Å²) in [5, 5.41) is 14.5. The van der Waals surface area contributed by atoms with Gasteiger partial charge in [-0.1, -0.05) is 30.3 Å². The van der Waals surface area contributed by atoms with Crippen LogP contribution in [-0.2, 0) is 11.2 Å². The summed E-state index contributed by atoms with van der Waals surface area (Å²) in [6.45, 7) is 1.66. The lowest BCUT2D eigenvalue weighted by Gasteiger charge is -2.33. The highest BCUT2D eigenvalue weighted by molar-refractivity contribution is 5.80. The molecule has 0 saturated carbocycles. The van der Waals surface area contributed by atoms with E-state index in [9.17, 15) is 4.79 Å². The Labute approximate surface area is 162 Å². The van der Waals surface area contributed by atoms with E-state index in [1.54, 1.807) is 18.6 Å². The maximum absolute atomic E-state index is 13.0. The number of benzene rings is 1. The smallest absolute Gasteiger partial charge is 0.245 e. The molecule has 3 heterocycles. The highest BCUT2D eigenvalue weighted by atomic mass is 16.2. The highest BCUT2D eigenvalue weighted by Crippen LogP contribution is 2.18. The molecule has 1 aliphatic heterocycles. The molecule has 0 unspecified atom stereocenters. The average molecular weight is 378 g/mol. The Morgan fingerprint density at radius 3 is 2.68 bits per heavy atom. The van der Waals surface area contributed by atoms with Gasteiger partial charge in [0.1, 0.15) is 18.2 Å². The Bertz CT molecular complexity index is 863. The summed E-state index contributed by atoms with van der Waals surface area (Å²) in [6, 6.07) is 9.54. The second kappa shape index (κ2) is 8.55. The van der Waals surface area contributed by atoms with E-state index in [0.29, 0.717) is 6.42 Å². The van der Waals surface area contributed by atoms with Gasteiger partial charge in [0.15, 0.2) is 0 Å². The fourth-order valence-corrected chi connectivity index (χ4v) is 3.46.